The van der Waals surface area contributed by atoms with Gasteiger partial charge in [0.25, 0.3) is 0 Å². The molecule has 1 aromatic rings. The standard InChI is InChI=1S/C18H28N2/c1-2-18(16-6-4-3-5-7-16)20(17-8-9-17)14-15-10-12-19-13-11-15/h3-7,15,17-19H,2,8-14H2,1H3. The SMILES string of the molecule is CCC(c1ccccc1)N(CC1CCNCC1)C1CC1. The van der Waals surface area contributed by atoms with Crippen LogP contribution < -0.4 is 5.32 Å². The van der Waals surface area contributed by atoms with Crippen molar-refractivity contribution in [2.45, 2.75) is 51.1 Å². The third-order valence-electron chi connectivity index (χ3n) is 4.92. The average molecular weight is 272 g/mol. The molecule has 0 spiro atoms. The molecule has 1 atom stereocenters. The minimum Gasteiger partial charge on any atom is -0.317 e. The minimum atomic E-state index is 0.624. The zero-order valence-electron chi connectivity index (χ0n) is 12.7. The Labute approximate surface area is 123 Å². The molecule has 2 nitrogen and oxygen atoms in total. The fourth-order valence-electron chi connectivity index (χ4n) is 3.64. The van der Waals surface area contributed by atoms with Crippen LogP contribution in [0.2, 0.25) is 0 Å². The van der Waals surface area contributed by atoms with Crippen LogP contribution in [0, 0.1) is 5.92 Å². The van der Waals surface area contributed by atoms with E-state index >= 15 is 0 Å². The van der Waals surface area contributed by atoms with Gasteiger partial charge >= 0.3 is 0 Å². The summed E-state index contributed by atoms with van der Waals surface area (Å²) >= 11 is 0. The fourth-order valence-corrected chi connectivity index (χ4v) is 3.64. The molecule has 1 aliphatic carbocycles. The Morgan fingerprint density at radius 1 is 1.10 bits per heavy atom. The second-order valence-electron chi connectivity index (χ2n) is 6.46. The molecule has 1 N–H and O–H groups in total. The van der Waals surface area contributed by atoms with E-state index in [9.17, 15) is 0 Å². The van der Waals surface area contributed by atoms with Gasteiger partial charge in [-0.05, 0) is 56.7 Å². The predicted octanol–water partition coefficient (Wildman–Crippen LogP) is 3.60. The number of nitrogens with zero attached hydrogens (tertiary/aromatic N) is 1. The summed E-state index contributed by atoms with van der Waals surface area (Å²) in [5.41, 5.74) is 1.51. The van der Waals surface area contributed by atoms with E-state index in [-0.39, 0.29) is 0 Å². The first-order valence-electron chi connectivity index (χ1n) is 8.40. The molecule has 20 heavy (non-hydrogen) atoms. The van der Waals surface area contributed by atoms with E-state index in [0.29, 0.717) is 6.04 Å². The normalized spacial score (nSPS) is 22.1. The van der Waals surface area contributed by atoms with Gasteiger partial charge in [0.2, 0.25) is 0 Å². The molecule has 0 amide bonds. The van der Waals surface area contributed by atoms with Gasteiger partial charge in [-0.3, -0.25) is 4.90 Å². The molecule has 0 bridgehead atoms. The predicted molar refractivity (Wildman–Crippen MR) is 84.8 cm³/mol. The second kappa shape index (κ2) is 6.73. The van der Waals surface area contributed by atoms with Crippen molar-refractivity contribution in [3.8, 4) is 0 Å². The number of benzene rings is 1. The maximum atomic E-state index is 3.49. The third-order valence-corrected chi connectivity index (χ3v) is 4.92. The maximum Gasteiger partial charge on any atom is 0.0348 e. The summed E-state index contributed by atoms with van der Waals surface area (Å²) in [7, 11) is 0. The topological polar surface area (TPSA) is 15.3 Å². The highest BCUT2D eigenvalue weighted by Gasteiger charge is 2.35. The number of hydrogen-bond donors (Lipinski definition) is 1. The van der Waals surface area contributed by atoms with Gasteiger partial charge < -0.3 is 5.32 Å². The number of hydrogen-bond acceptors (Lipinski definition) is 2. The molecule has 1 aliphatic heterocycles. The third kappa shape index (κ3) is 3.42. The van der Waals surface area contributed by atoms with E-state index < -0.39 is 0 Å². The summed E-state index contributed by atoms with van der Waals surface area (Å²) in [6, 6.07) is 12.6. The van der Waals surface area contributed by atoms with Crippen molar-refractivity contribution in [3.05, 3.63) is 35.9 Å². The van der Waals surface area contributed by atoms with E-state index in [1.165, 1.54) is 57.3 Å². The van der Waals surface area contributed by atoms with E-state index in [0.717, 1.165) is 12.0 Å². The molecule has 110 valence electrons. The fraction of sp³-hybridized carbons (Fsp3) is 0.667. The van der Waals surface area contributed by atoms with Gasteiger partial charge in [-0.2, -0.15) is 0 Å². The Morgan fingerprint density at radius 3 is 2.40 bits per heavy atom. The number of piperidine rings is 1. The lowest BCUT2D eigenvalue weighted by molar-refractivity contribution is 0.139. The summed E-state index contributed by atoms with van der Waals surface area (Å²) < 4.78 is 0. The number of rotatable bonds is 6. The van der Waals surface area contributed by atoms with Gasteiger partial charge in [0.05, 0.1) is 0 Å². The minimum absolute atomic E-state index is 0.624. The van der Waals surface area contributed by atoms with Crippen molar-refractivity contribution in [1.29, 1.82) is 0 Å². The maximum absolute atomic E-state index is 3.49. The Morgan fingerprint density at radius 2 is 1.80 bits per heavy atom. The lowest BCUT2D eigenvalue weighted by Gasteiger charge is -2.36. The molecule has 1 saturated carbocycles. The Balaban J connectivity index is 1.71. The van der Waals surface area contributed by atoms with Crippen LogP contribution in [-0.4, -0.2) is 30.6 Å². The van der Waals surface area contributed by atoms with Crippen molar-refractivity contribution >= 4 is 0 Å². The monoisotopic (exact) mass is 272 g/mol. The molecule has 0 aromatic heterocycles. The van der Waals surface area contributed by atoms with Crippen molar-refractivity contribution in [1.82, 2.24) is 10.2 Å². The van der Waals surface area contributed by atoms with Crippen molar-refractivity contribution in [2.75, 3.05) is 19.6 Å². The quantitative estimate of drug-likeness (QED) is 0.851. The lowest BCUT2D eigenvalue weighted by Crippen LogP contribution is -2.39. The van der Waals surface area contributed by atoms with Crippen LogP contribution in [0.3, 0.4) is 0 Å². The van der Waals surface area contributed by atoms with E-state index in [1.54, 1.807) is 0 Å². The molecule has 2 heteroatoms. The highest BCUT2D eigenvalue weighted by atomic mass is 15.2. The molecule has 2 aliphatic rings. The van der Waals surface area contributed by atoms with Gasteiger partial charge in [-0.1, -0.05) is 37.3 Å². The van der Waals surface area contributed by atoms with E-state index in [4.69, 9.17) is 0 Å². The molecule has 1 unspecified atom stereocenters. The molecular weight excluding hydrogens is 244 g/mol. The summed E-state index contributed by atoms with van der Waals surface area (Å²) in [4.78, 5) is 2.82. The Kier molecular flexibility index (Phi) is 4.74. The van der Waals surface area contributed by atoms with Crippen LogP contribution in [0.4, 0.5) is 0 Å². The van der Waals surface area contributed by atoms with E-state index in [1.807, 2.05) is 0 Å². The van der Waals surface area contributed by atoms with Gasteiger partial charge in [0.15, 0.2) is 0 Å². The summed E-state index contributed by atoms with van der Waals surface area (Å²) in [5, 5.41) is 3.49. The highest BCUT2D eigenvalue weighted by molar-refractivity contribution is 5.19. The van der Waals surface area contributed by atoms with Crippen LogP contribution in [0.25, 0.3) is 0 Å². The molecular formula is C18H28N2. The van der Waals surface area contributed by atoms with Gasteiger partial charge in [0.1, 0.15) is 0 Å². The first-order chi connectivity index (χ1) is 9.88. The summed E-state index contributed by atoms with van der Waals surface area (Å²) in [6.45, 7) is 6.08. The summed E-state index contributed by atoms with van der Waals surface area (Å²) in [6.07, 6.45) is 6.76. The molecule has 3 rings (SSSR count). The summed E-state index contributed by atoms with van der Waals surface area (Å²) in [5.74, 6) is 0.898. The van der Waals surface area contributed by atoms with Gasteiger partial charge in [0, 0.05) is 18.6 Å². The smallest absolute Gasteiger partial charge is 0.0348 e. The second-order valence-corrected chi connectivity index (χ2v) is 6.46. The van der Waals surface area contributed by atoms with Crippen molar-refractivity contribution < 1.29 is 0 Å². The first-order valence-corrected chi connectivity index (χ1v) is 8.40. The molecule has 1 saturated heterocycles. The first kappa shape index (κ1) is 14.1. The Bertz CT molecular complexity index is 393. The molecule has 1 heterocycles. The van der Waals surface area contributed by atoms with Crippen LogP contribution in [0.15, 0.2) is 30.3 Å². The number of nitrogens with one attached hydrogen (secondary N) is 1. The molecule has 1 aromatic carbocycles. The molecule has 2 fully saturated rings. The van der Waals surface area contributed by atoms with E-state index in [2.05, 4.69) is 47.5 Å². The highest BCUT2D eigenvalue weighted by Crippen LogP contribution is 2.37. The molecule has 0 radical (unpaired) electrons. The Hall–Kier alpha value is -0.860. The zero-order valence-corrected chi connectivity index (χ0v) is 12.7. The largest absolute Gasteiger partial charge is 0.317 e. The van der Waals surface area contributed by atoms with Crippen LogP contribution in [0.5, 0.6) is 0 Å². The van der Waals surface area contributed by atoms with Crippen LogP contribution >= 0.6 is 0 Å². The lowest BCUT2D eigenvalue weighted by atomic mass is 9.95. The average Bonchev–Trinajstić information content (AvgIpc) is 3.34. The van der Waals surface area contributed by atoms with Crippen LogP contribution in [0.1, 0.15) is 50.6 Å². The van der Waals surface area contributed by atoms with Gasteiger partial charge in [-0.15, -0.1) is 0 Å². The van der Waals surface area contributed by atoms with Gasteiger partial charge in [-0.25, -0.2) is 0 Å². The van der Waals surface area contributed by atoms with Crippen LogP contribution in [-0.2, 0) is 0 Å². The van der Waals surface area contributed by atoms with Crippen molar-refractivity contribution in [2.24, 2.45) is 5.92 Å². The van der Waals surface area contributed by atoms with Crippen molar-refractivity contribution in [3.63, 3.8) is 0 Å². The zero-order chi connectivity index (χ0) is 13.8.